The van der Waals surface area contributed by atoms with E-state index < -0.39 is 0 Å². The number of hydrogen-bond acceptors (Lipinski definition) is 0. The standard InChI is InChI=1S/C19H29F/c1-14-4-8-18(9-5-14)19-12-10-17(11-13-19)15(2)6-7-16(3)20/h6-7,14,17-19H,2-5,8-13H2,1H3/b7-6-. The van der Waals surface area contributed by atoms with Crippen molar-refractivity contribution >= 4 is 0 Å². The minimum Gasteiger partial charge on any atom is -0.208 e. The molecule has 2 aliphatic rings. The number of rotatable bonds is 4. The summed E-state index contributed by atoms with van der Waals surface area (Å²) in [6.45, 7) is 9.75. The van der Waals surface area contributed by atoms with E-state index in [1.54, 1.807) is 0 Å². The van der Waals surface area contributed by atoms with Gasteiger partial charge >= 0.3 is 0 Å². The molecule has 0 aromatic heterocycles. The fraction of sp³-hybridized carbons (Fsp3) is 0.684. The van der Waals surface area contributed by atoms with E-state index in [4.69, 9.17) is 0 Å². The van der Waals surface area contributed by atoms with Gasteiger partial charge in [0.05, 0.1) is 0 Å². The van der Waals surface area contributed by atoms with E-state index >= 15 is 0 Å². The van der Waals surface area contributed by atoms with Crippen molar-refractivity contribution < 1.29 is 4.39 Å². The second kappa shape index (κ2) is 7.24. The molecular weight excluding hydrogens is 247 g/mol. The van der Waals surface area contributed by atoms with Crippen LogP contribution in [0.4, 0.5) is 4.39 Å². The topological polar surface area (TPSA) is 0 Å². The molecule has 0 N–H and O–H groups in total. The minimum absolute atomic E-state index is 0.379. The number of allylic oxidation sites excluding steroid dienone is 4. The zero-order chi connectivity index (χ0) is 14.5. The van der Waals surface area contributed by atoms with Gasteiger partial charge < -0.3 is 0 Å². The average molecular weight is 276 g/mol. The Morgan fingerprint density at radius 3 is 1.85 bits per heavy atom. The van der Waals surface area contributed by atoms with Crippen molar-refractivity contribution in [1.82, 2.24) is 0 Å². The largest absolute Gasteiger partial charge is 0.208 e. The summed E-state index contributed by atoms with van der Waals surface area (Å²) in [5.74, 6) is 3.04. The van der Waals surface area contributed by atoms with E-state index in [1.807, 2.05) is 6.08 Å². The third kappa shape index (κ3) is 4.33. The van der Waals surface area contributed by atoms with Crippen LogP contribution in [0.2, 0.25) is 0 Å². The van der Waals surface area contributed by atoms with Crippen LogP contribution in [0.3, 0.4) is 0 Å². The van der Waals surface area contributed by atoms with Crippen LogP contribution in [0.15, 0.2) is 36.7 Å². The van der Waals surface area contributed by atoms with Crippen LogP contribution < -0.4 is 0 Å². The molecule has 0 aromatic rings. The van der Waals surface area contributed by atoms with Crippen LogP contribution in [0.25, 0.3) is 0 Å². The molecule has 112 valence electrons. The van der Waals surface area contributed by atoms with Crippen molar-refractivity contribution in [2.75, 3.05) is 0 Å². The Morgan fingerprint density at radius 1 is 0.850 bits per heavy atom. The molecule has 0 saturated heterocycles. The Morgan fingerprint density at radius 2 is 1.35 bits per heavy atom. The Hall–Kier alpha value is -0.850. The molecular formula is C19H29F. The van der Waals surface area contributed by atoms with Crippen molar-refractivity contribution in [1.29, 1.82) is 0 Å². The summed E-state index contributed by atoms with van der Waals surface area (Å²) in [4.78, 5) is 0. The van der Waals surface area contributed by atoms with Gasteiger partial charge in [0.15, 0.2) is 0 Å². The molecule has 0 spiro atoms. The quantitative estimate of drug-likeness (QED) is 0.535. The first kappa shape index (κ1) is 15.5. The average Bonchev–Trinajstić information content (AvgIpc) is 2.46. The van der Waals surface area contributed by atoms with Crippen molar-refractivity contribution in [3.8, 4) is 0 Å². The predicted molar refractivity (Wildman–Crippen MR) is 85.1 cm³/mol. The lowest BCUT2D eigenvalue weighted by atomic mass is 9.68. The Balaban J connectivity index is 1.77. The summed E-state index contributed by atoms with van der Waals surface area (Å²) in [5, 5.41) is 0. The number of halogens is 1. The van der Waals surface area contributed by atoms with Gasteiger partial charge in [-0.25, -0.2) is 4.39 Å². The summed E-state index contributed by atoms with van der Waals surface area (Å²) >= 11 is 0. The SMILES string of the molecule is C=C(F)/C=C\C(=C)C1CCC(C2CCC(C)CC2)CC1. The highest BCUT2D eigenvalue weighted by molar-refractivity contribution is 5.23. The fourth-order valence-electron chi connectivity index (χ4n) is 4.05. The highest BCUT2D eigenvalue weighted by Gasteiger charge is 2.30. The van der Waals surface area contributed by atoms with Gasteiger partial charge in [0.2, 0.25) is 0 Å². The lowest BCUT2D eigenvalue weighted by Gasteiger charge is -2.37. The van der Waals surface area contributed by atoms with Gasteiger partial charge in [-0.2, -0.15) is 0 Å². The van der Waals surface area contributed by atoms with E-state index in [0.29, 0.717) is 5.92 Å². The maximum Gasteiger partial charge on any atom is 0.116 e. The zero-order valence-electron chi connectivity index (χ0n) is 12.9. The molecule has 0 atom stereocenters. The van der Waals surface area contributed by atoms with E-state index in [1.165, 1.54) is 57.4 Å². The smallest absolute Gasteiger partial charge is 0.116 e. The predicted octanol–water partition coefficient (Wildman–Crippen LogP) is 6.21. The van der Waals surface area contributed by atoms with E-state index in [9.17, 15) is 4.39 Å². The van der Waals surface area contributed by atoms with Crippen molar-refractivity contribution in [3.05, 3.63) is 36.7 Å². The van der Waals surface area contributed by atoms with Crippen molar-refractivity contribution in [2.45, 2.75) is 58.3 Å². The maximum absolute atomic E-state index is 12.6. The van der Waals surface area contributed by atoms with Crippen LogP contribution in [-0.2, 0) is 0 Å². The molecule has 0 aliphatic heterocycles. The lowest BCUT2D eigenvalue weighted by Crippen LogP contribution is -2.25. The van der Waals surface area contributed by atoms with Crippen LogP contribution in [0, 0.1) is 23.7 Å². The normalized spacial score (nSPS) is 35.1. The van der Waals surface area contributed by atoms with Gasteiger partial charge in [-0.1, -0.05) is 44.6 Å². The molecule has 0 nitrogen and oxygen atoms in total. The van der Waals surface area contributed by atoms with Gasteiger partial charge in [0.1, 0.15) is 5.83 Å². The molecule has 2 rings (SSSR count). The van der Waals surface area contributed by atoms with Crippen LogP contribution in [0.1, 0.15) is 58.3 Å². The highest BCUT2D eigenvalue weighted by Crippen LogP contribution is 2.42. The molecule has 0 bridgehead atoms. The van der Waals surface area contributed by atoms with E-state index in [-0.39, 0.29) is 5.83 Å². The first-order valence-electron chi connectivity index (χ1n) is 8.27. The van der Waals surface area contributed by atoms with Crippen LogP contribution in [-0.4, -0.2) is 0 Å². The van der Waals surface area contributed by atoms with Crippen LogP contribution >= 0.6 is 0 Å². The summed E-state index contributed by atoms with van der Waals surface area (Å²) in [5.41, 5.74) is 1.08. The van der Waals surface area contributed by atoms with E-state index in [2.05, 4.69) is 20.1 Å². The fourth-order valence-corrected chi connectivity index (χ4v) is 4.05. The Bertz CT molecular complexity index is 363. The van der Waals surface area contributed by atoms with Crippen molar-refractivity contribution in [3.63, 3.8) is 0 Å². The molecule has 2 saturated carbocycles. The van der Waals surface area contributed by atoms with Crippen LogP contribution in [0.5, 0.6) is 0 Å². The van der Waals surface area contributed by atoms with Gasteiger partial charge in [-0.3, -0.25) is 0 Å². The number of hydrogen-bond donors (Lipinski definition) is 0. The summed E-state index contributed by atoms with van der Waals surface area (Å²) in [6.07, 6.45) is 14.2. The minimum atomic E-state index is -0.379. The van der Waals surface area contributed by atoms with Gasteiger partial charge in [-0.05, 0) is 68.3 Å². The zero-order valence-corrected chi connectivity index (χ0v) is 12.9. The molecule has 0 radical (unpaired) electrons. The maximum atomic E-state index is 12.6. The van der Waals surface area contributed by atoms with Gasteiger partial charge in [-0.15, -0.1) is 0 Å². The third-order valence-electron chi connectivity index (χ3n) is 5.50. The Labute approximate surface area is 123 Å². The molecule has 0 heterocycles. The third-order valence-corrected chi connectivity index (χ3v) is 5.50. The first-order chi connectivity index (χ1) is 9.56. The second-order valence-corrected chi connectivity index (χ2v) is 6.99. The van der Waals surface area contributed by atoms with Crippen molar-refractivity contribution in [2.24, 2.45) is 23.7 Å². The molecule has 1 heteroatoms. The molecule has 0 aromatic carbocycles. The molecule has 2 aliphatic carbocycles. The highest BCUT2D eigenvalue weighted by atomic mass is 19.1. The second-order valence-electron chi connectivity index (χ2n) is 6.99. The molecule has 0 amide bonds. The van der Waals surface area contributed by atoms with E-state index in [0.717, 1.165) is 23.3 Å². The summed E-state index contributed by atoms with van der Waals surface area (Å²) in [7, 11) is 0. The molecule has 2 fully saturated rings. The molecule has 20 heavy (non-hydrogen) atoms. The summed E-state index contributed by atoms with van der Waals surface area (Å²) in [6, 6.07) is 0. The van der Waals surface area contributed by atoms with Gasteiger partial charge in [0.25, 0.3) is 0 Å². The monoisotopic (exact) mass is 276 g/mol. The lowest BCUT2D eigenvalue weighted by molar-refractivity contribution is 0.159. The first-order valence-corrected chi connectivity index (χ1v) is 8.27. The molecule has 0 unspecified atom stereocenters. The Kier molecular flexibility index (Phi) is 5.63. The summed E-state index contributed by atoms with van der Waals surface area (Å²) < 4.78 is 12.6. The van der Waals surface area contributed by atoms with Gasteiger partial charge in [0, 0.05) is 0 Å².